The number of benzene rings is 1. The van der Waals surface area contributed by atoms with Crippen LogP contribution in [0.3, 0.4) is 0 Å². The minimum Gasteiger partial charge on any atom is -0.369 e. The molecule has 1 aromatic carbocycles. The molecule has 0 saturated heterocycles. The number of nitrogens with zero attached hydrogens (tertiary/aromatic N) is 3. The van der Waals surface area contributed by atoms with Gasteiger partial charge in [0.15, 0.2) is 0 Å². The van der Waals surface area contributed by atoms with Gasteiger partial charge in [-0.3, -0.25) is 10.1 Å². The zero-order valence-electron chi connectivity index (χ0n) is 14.7. The van der Waals surface area contributed by atoms with Gasteiger partial charge in [-0.05, 0) is 42.3 Å². The van der Waals surface area contributed by atoms with Crippen LogP contribution < -0.4 is 5.32 Å². The molecule has 0 fully saturated rings. The first kappa shape index (κ1) is 16.7. The maximum Gasteiger partial charge on any atom is 0.126 e. The fourth-order valence-electron chi connectivity index (χ4n) is 3.25. The summed E-state index contributed by atoms with van der Waals surface area (Å²) in [5.74, 6) is 0.939. The van der Waals surface area contributed by atoms with Gasteiger partial charge in [-0.15, -0.1) is 11.8 Å². The van der Waals surface area contributed by atoms with Crippen molar-refractivity contribution >= 4 is 17.6 Å². The third-order valence-electron chi connectivity index (χ3n) is 4.60. The number of fused-ring (bicyclic) bond motifs is 1. The summed E-state index contributed by atoms with van der Waals surface area (Å²) in [6.07, 6.45) is 1.78. The van der Waals surface area contributed by atoms with E-state index in [2.05, 4.69) is 40.4 Å². The van der Waals surface area contributed by atoms with E-state index in [4.69, 9.17) is 0 Å². The van der Waals surface area contributed by atoms with E-state index in [0.29, 0.717) is 10.8 Å². The molecule has 4 rings (SSSR count). The van der Waals surface area contributed by atoms with Crippen LogP contribution >= 0.6 is 11.8 Å². The third kappa shape index (κ3) is 2.95. The second kappa shape index (κ2) is 6.85. The molecule has 3 aromatic rings. The molecule has 2 atom stereocenters. The number of aryl methyl sites for hydroxylation is 1. The molecule has 1 aliphatic rings. The molecule has 0 radical (unpaired) electrons. The lowest BCUT2D eigenvalue weighted by Crippen LogP contribution is -2.11. The van der Waals surface area contributed by atoms with Crippen LogP contribution in [0, 0.1) is 18.3 Å². The molecular weight excluding hydrogens is 342 g/mol. The molecule has 1 aliphatic heterocycles. The van der Waals surface area contributed by atoms with Gasteiger partial charge in [-0.2, -0.15) is 10.4 Å². The summed E-state index contributed by atoms with van der Waals surface area (Å²) in [6, 6.07) is 14.0. The number of aromatic nitrogens is 3. The Bertz CT molecular complexity index is 974. The van der Waals surface area contributed by atoms with Crippen LogP contribution in [0.25, 0.3) is 11.4 Å². The summed E-state index contributed by atoms with van der Waals surface area (Å²) in [6.45, 7) is 5.17. The largest absolute Gasteiger partial charge is 0.369 e. The molecule has 2 aromatic heterocycles. The van der Waals surface area contributed by atoms with E-state index in [1.165, 1.54) is 5.56 Å². The van der Waals surface area contributed by atoms with Crippen molar-refractivity contribution in [1.82, 2.24) is 15.2 Å². The molecule has 2 unspecified atom stereocenters. The fourth-order valence-corrected chi connectivity index (χ4v) is 4.66. The molecule has 0 saturated carbocycles. The van der Waals surface area contributed by atoms with Crippen molar-refractivity contribution in [1.29, 1.82) is 5.26 Å². The van der Waals surface area contributed by atoms with Crippen LogP contribution in [0.5, 0.6) is 0 Å². The van der Waals surface area contributed by atoms with Gasteiger partial charge in [0.1, 0.15) is 11.5 Å². The van der Waals surface area contributed by atoms with Gasteiger partial charge in [-0.1, -0.05) is 19.1 Å². The van der Waals surface area contributed by atoms with Crippen molar-refractivity contribution < 1.29 is 0 Å². The molecule has 5 nitrogen and oxygen atoms in total. The summed E-state index contributed by atoms with van der Waals surface area (Å²) in [5.41, 5.74) is 5.83. The highest BCUT2D eigenvalue weighted by Gasteiger charge is 2.31. The normalized spacial score (nSPS) is 19.1. The molecule has 2 N–H and O–H groups in total. The smallest absolute Gasteiger partial charge is 0.126 e. The van der Waals surface area contributed by atoms with Crippen molar-refractivity contribution in [3.63, 3.8) is 0 Å². The number of nitrogens with one attached hydrogen (secondary N) is 2. The van der Waals surface area contributed by atoms with Gasteiger partial charge >= 0.3 is 0 Å². The summed E-state index contributed by atoms with van der Waals surface area (Å²) in [5, 5.41) is 21.0. The first-order valence-electron chi connectivity index (χ1n) is 8.57. The molecule has 0 aliphatic carbocycles. The van der Waals surface area contributed by atoms with Crippen molar-refractivity contribution in [3.8, 4) is 17.5 Å². The summed E-state index contributed by atoms with van der Waals surface area (Å²) in [4.78, 5) is 4.49. The number of rotatable bonds is 2. The molecule has 0 spiro atoms. The SMILES string of the molecule is Cc1ccc(C#N)cc1C1SC(C)CNc2[nH]nc(-c3ccccn3)c21. The summed E-state index contributed by atoms with van der Waals surface area (Å²) < 4.78 is 0. The number of hydrogen-bond acceptors (Lipinski definition) is 5. The monoisotopic (exact) mass is 361 g/mol. The van der Waals surface area contributed by atoms with Gasteiger partial charge in [0.05, 0.1) is 22.6 Å². The average Bonchev–Trinajstić information content (AvgIpc) is 3.02. The Morgan fingerprint density at radius 1 is 1.27 bits per heavy atom. The lowest BCUT2D eigenvalue weighted by molar-refractivity contribution is 0.980. The number of H-pyrrole nitrogens is 1. The quantitative estimate of drug-likeness (QED) is 0.712. The average molecular weight is 361 g/mol. The van der Waals surface area contributed by atoms with Gasteiger partial charge in [-0.25, -0.2) is 0 Å². The molecule has 130 valence electrons. The highest BCUT2D eigenvalue weighted by atomic mass is 32.2. The van der Waals surface area contributed by atoms with Crippen molar-refractivity contribution in [2.45, 2.75) is 24.3 Å². The van der Waals surface area contributed by atoms with Crippen molar-refractivity contribution in [3.05, 3.63) is 64.8 Å². The minimum atomic E-state index is 0.0825. The van der Waals surface area contributed by atoms with Crippen LogP contribution in [0.1, 0.15) is 34.4 Å². The number of aromatic amines is 1. The lowest BCUT2D eigenvalue weighted by atomic mass is 9.96. The topological polar surface area (TPSA) is 77.4 Å². The maximum absolute atomic E-state index is 9.35. The van der Waals surface area contributed by atoms with E-state index >= 15 is 0 Å². The zero-order valence-corrected chi connectivity index (χ0v) is 15.5. The standard InChI is InChI=1S/C20H19N5S/c1-12-6-7-14(10-21)9-15(12)19-17-18(16-5-3-4-8-22-16)24-25-20(17)23-11-13(2)26-19/h3-9,13,19H,11H2,1-2H3,(H2,23,24,25). The second-order valence-corrected chi connectivity index (χ2v) is 8.01. The first-order chi connectivity index (χ1) is 12.7. The number of pyridine rings is 1. The first-order valence-corrected chi connectivity index (χ1v) is 9.51. The predicted molar refractivity (Wildman–Crippen MR) is 105 cm³/mol. The second-order valence-electron chi connectivity index (χ2n) is 6.47. The predicted octanol–water partition coefficient (Wildman–Crippen LogP) is 4.29. The Kier molecular flexibility index (Phi) is 4.39. The lowest BCUT2D eigenvalue weighted by Gasteiger charge is -2.20. The highest BCUT2D eigenvalue weighted by molar-refractivity contribution is 8.00. The molecule has 6 heteroatoms. The molecule has 0 amide bonds. The third-order valence-corrected chi connectivity index (χ3v) is 5.99. The van der Waals surface area contributed by atoms with Crippen LogP contribution in [0.2, 0.25) is 0 Å². The van der Waals surface area contributed by atoms with E-state index in [0.717, 1.165) is 34.9 Å². The minimum absolute atomic E-state index is 0.0825. The number of hydrogen-bond donors (Lipinski definition) is 2. The van der Waals surface area contributed by atoms with E-state index < -0.39 is 0 Å². The number of anilines is 1. The van der Waals surface area contributed by atoms with Crippen LogP contribution in [0.15, 0.2) is 42.6 Å². The van der Waals surface area contributed by atoms with E-state index in [-0.39, 0.29) is 5.25 Å². The Morgan fingerprint density at radius 3 is 2.92 bits per heavy atom. The van der Waals surface area contributed by atoms with Crippen molar-refractivity contribution in [2.75, 3.05) is 11.9 Å². The van der Waals surface area contributed by atoms with E-state index in [1.807, 2.05) is 48.2 Å². The number of nitriles is 1. The van der Waals surface area contributed by atoms with Crippen LogP contribution in [-0.2, 0) is 0 Å². The molecule has 3 heterocycles. The van der Waals surface area contributed by atoms with E-state index in [9.17, 15) is 5.26 Å². The summed E-state index contributed by atoms with van der Waals surface area (Å²) in [7, 11) is 0. The number of thioether (sulfide) groups is 1. The molecular formula is C20H19N5S. The maximum atomic E-state index is 9.35. The summed E-state index contributed by atoms with van der Waals surface area (Å²) >= 11 is 1.89. The van der Waals surface area contributed by atoms with Crippen molar-refractivity contribution in [2.24, 2.45) is 0 Å². The van der Waals surface area contributed by atoms with Crippen LogP contribution in [0.4, 0.5) is 5.82 Å². The molecule has 0 bridgehead atoms. The van der Waals surface area contributed by atoms with Gasteiger partial charge in [0.2, 0.25) is 0 Å². The van der Waals surface area contributed by atoms with Crippen LogP contribution in [-0.4, -0.2) is 27.0 Å². The molecule has 26 heavy (non-hydrogen) atoms. The Morgan fingerprint density at radius 2 is 2.15 bits per heavy atom. The highest BCUT2D eigenvalue weighted by Crippen LogP contribution is 2.47. The van der Waals surface area contributed by atoms with E-state index in [1.54, 1.807) is 6.20 Å². The zero-order chi connectivity index (χ0) is 18.1. The Balaban J connectivity index is 1.92. The van der Waals surface area contributed by atoms with Gasteiger partial charge in [0.25, 0.3) is 0 Å². The van der Waals surface area contributed by atoms with Gasteiger partial charge in [0, 0.05) is 23.6 Å². The fraction of sp³-hybridized carbons (Fsp3) is 0.250. The van der Waals surface area contributed by atoms with Gasteiger partial charge < -0.3 is 5.32 Å². The Labute approximate surface area is 156 Å². The Hall–Kier alpha value is -2.78.